The highest BCUT2D eigenvalue weighted by molar-refractivity contribution is 5.92. The number of hydrogen-bond acceptors (Lipinski definition) is 5. The van der Waals surface area contributed by atoms with E-state index in [4.69, 9.17) is 0 Å². The van der Waals surface area contributed by atoms with Crippen molar-refractivity contribution in [3.05, 3.63) is 77.6 Å². The SMILES string of the molecule is Cn1cnc(C(=O)N(Cc2ccc(F)c(OC(F)F)c2)C2CCCN(Cc3ccc(OC(F)(F)F)cc3)CC2)c1. The van der Waals surface area contributed by atoms with Crippen molar-refractivity contribution in [2.45, 2.75) is 51.4 Å². The predicted molar refractivity (Wildman–Crippen MR) is 132 cm³/mol. The molecule has 1 saturated heterocycles. The number of aromatic nitrogens is 2. The molecule has 0 spiro atoms. The molecule has 13 heteroatoms. The molecule has 1 unspecified atom stereocenters. The van der Waals surface area contributed by atoms with Gasteiger partial charge in [-0.3, -0.25) is 9.69 Å². The molecule has 2 heterocycles. The van der Waals surface area contributed by atoms with Crippen LogP contribution >= 0.6 is 0 Å². The molecule has 0 bridgehead atoms. The third kappa shape index (κ3) is 8.13. The van der Waals surface area contributed by atoms with Crippen LogP contribution in [-0.2, 0) is 20.1 Å². The van der Waals surface area contributed by atoms with Gasteiger partial charge in [0.1, 0.15) is 11.4 Å². The van der Waals surface area contributed by atoms with E-state index in [0.717, 1.165) is 24.1 Å². The first-order valence-corrected chi connectivity index (χ1v) is 12.6. The van der Waals surface area contributed by atoms with Crippen molar-refractivity contribution in [1.82, 2.24) is 19.4 Å². The van der Waals surface area contributed by atoms with Crippen LogP contribution in [0.25, 0.3) is 0 Å². The van der Waals surface area contributed by atoms with Gasteiger partial charge < -0.3 is 18.9 Å². The van der Waals surface area contributed by atoms with Crippen LogP contribution in [0.1, 0.15) is 40.9 Å². The van der Waals surface area contributed by atoms with Crippen molar-refractivity contribution < 1.29 is 40.6 Å². The Labute approximate surface area is 226 Å². The van der Waals surface area contributed by atoms with Gasteiger partial charge in [0.2, 0.25) is 0 Å². The van der Waals surface area contributed by atoms with E-state index in [1.54, 1.807) is 34.8 Å². The topological polar surface area (TPSA) is 59.8 Å². The Balaban J connectivity index is 1.47. The first-order chi connectivity index (χ1) is 19.0. The number of likely N-dealkylation sites (tertiary alicyclic amines) is 1. The minimum atomic E-state index is -4.76. The number of carbonyl (C=O) groups excluding carboxylic acids is 1. The standard InChI is InChI=1S/C27H28F6N4O3/c1-35-16-23(34-17-35)25(38)37(15-19-6-9-22(28)24(13-19)39-26(29)30)20-3-2-11-36(12-10-20)14-18-4-7-21(8-5-18)40-27(31,32)33/h4-9,13,16-17,20,26H,2-3,10-12,14-15H2,1H3. The Morgan fingerprint density at radius 1 is 1.10 bits per heavy atom. The van der Waals surface area contributed by atoms with Gasteiger partial charge in [0.05, 0.1) is 6.33 Å². The van der Waals surface area contributed by atoms with Crippen molar-refractivity contribution >= 4 is 5.91 Å². The van der Waals surface area contributed by atoms with Gasteiger partial charge in [-0.05, 0) is 61.2 Å². The number of nitrogens with zero attached hydrogens (tertiary/aromatic N) is 4. The molecule has 1 aliphatic heterocycles. The Kier molecular flexibility index (Phi) is 9.23. The number of ether oxygens (including phenoxy) is 2. The van der Waals surface area contributed by atoms with E-state index < -0.39 is 24.5 Å². The van der Waals surface area contributed by atoms with Crippen LogP contribution < -0.4 is 9.47 Å². The molecule has 0 N–H and O–H groups in total. The quantitative estimate of drug-likeness (QED) is 0.307. The lowest BCUT2D eigenvalue weighted by Gasteiger charge is -2.31. The van der Waals surface area contributed by atoms with Crippen LogP contribution in [0.5, 0.6) is 11.5 Å². The molecule has 7 nitrogen and oxygen atoms in total. The minimum absolute atomic E-state index is 0.0284. The van der Waals surface area contributed by atoms with Crippen molar-refractivity contribution in [2.75, 3.05) is 13.1 Å². The lowest BCUT2D eigenvalue weighted by Crippen LogP contribution is -2.40. The highest BCUT2D eigenvalue weighted by Crippen LogP contribution is 2.27. The molecule has 0 radical (unpaired) electrons. The van der Waals surface area contributed by atoms with Crippen LogP contribution in [0, 0.1) is 5.82 Å². The number of halogens is 6. The fourth-order valence-corrected chi connectivity index (χ4v) is 4.73. The average molecular weight is 571 g/mol. The molecule has 0 saturated carbocycles. The smallest absolute Gasteiger partial charge is 0.432 e. The number of imidazole rings is 1. The van der Waals surface area contributed by atoms with E-state index in [0.29, 0.717) is 38.0 Å². The van der Waals surface area contributed by atoms with Crippen molar-refractivity contribution in [1.29, 1.82) is 0 Å². The summed E-state index contributed by atoms with van der Waals surface area (Å²) in [5, 5.41) is 0. The van der Waals surface area contributed by atoms with Gasteiger partial charge in [-0.1, -0.05) is 18.2 Å². The summed E-state index contributed by atoms with van der Waals surface area (Å²) < 4.78 is 86.6. The molecule has 1 amide bonds. The van der Waals surface area contributed by atoms with Crippen molar-refractivity contribution in [3.8, 4) is 11.5 Å². The molecule has 1 aliphatic rings. The monoisotopic (exact) mass is 570 g/mol. The number of hydrogen-bond donors (Lipinski definition) is 0. The molecule has 4 rings (SSSR count). The molecule has 3 aromatic rings. The zero-order valence-electron chi connectivity index (χ0n) is 21.6. The van der Waals surface area contributed by atoms with E-state index in [1.807, 2.05) is 0 Å². The largest absolute Gasteiger partial charge is 0.573 e. The summed E-state index contributed by atoms with van der Waals surface area (Å²) in [6.07, 6.45) is 0.281. The number of amides is 1. The van der Waals surface area contributed by atoms with Gasteiger partial charge in [0.15, 0.2) is 11.6 Å². The van der Waals surface area contributed by atoms with Crippen LogP contribution in [-0.4, -0.2) is 57.4 Å². The first kappa shape index (κ1) is 29.2. The maximum absolute atomic E-state index is 14.0. The normalized spacial score (nSPS) is 16.6. The second kappa shape index (κ2) is 12.6. The van der Waals surface area contributed by atoms with Gasteiger partial charge in [-0.15, -0.1) is 13.2 Å². The molecule has 216 valence electrons. The lowest BCUT2D eigenvalue weighted by atomic mass is 10.0. The molecule has 40 heavy (non-hydrogen) atoms. The maximum atomic E-state index is 14.0. The average Bonchev–Trinajstić information content (AvgIpc) is 3.19. The van der Waals surface area contributed by atoms with Gasteiger partial charge in [0, 0.05) is 38.9 Å². The molecule has 0 aliphatic carbocycles. The summed E-state index contributed by atoms with van der Waals surface area (Å²) >= 11 is 0. The predicted octanol–water partition coefficient (Wildman–Crippen LogP) is 5.76. The van der Waals surface area contributed by atoms with E-state index >= 15 is 0 Å². The van der Waals surface area contributed by atoms with Gasteiger partial charge in [0.25, 0.3) is 5.91 Å². The van der Waals surface area contributed by atoms with Crippen molar-refractivity contribution in [3.63, 3.8) is 0 Å². The summed E-state index contributed by atoms with van der Waals surface area (Å²) in [5.74, 6) is -2.18. The van der Waals surface area contributed by atoms with E-state index in [9.17, 15) is 31.1 Å². The fourth-order valence-electron chi connectivity index (χ4n) is 4.73. The van der Waals surface area contributed by atoms with Crippen LogP contribution in [0.4, 0.5) is 26.3 Å². The molecule has 2 aromatic carbocycles. The number of alkyl halides is 5. The Morgan fingerprint density at radius 3 is 2.48 bits per heavy atom. The highest BCUT2D eigenvalue weighted by Gasteiger charge is 2.31. The molecular weight excluding hydrogens is 542 g/mol. The first-order valence-electron chi connectivity index (χ1n) is 12.6. The number of rotatable bonds is 9. The Hall–Kier alpha value is -3.74. The van der Waals surface area contributed by atoms with Crippen molar-refractivity contribution in [2.24, 2.45) is 7.05 Å². The fraction of sp³-hybridized carbons (Fsp3) is 0.407. The summed E-state index contributed by atoms with van der Waals surface area (Å²) in [6, 6.07) is 9.07. The number of aryl methyl sites for hydroxylation is 1. The van der Waals surface area contributed by atoms with Crippen LogP contribution in [0.2, 0.25) is 0 Å². The third-order valence-corrected chi connectivity index (χ3v) is 6.54. The minimum Gasteiger partial charge on any atom is -0.432 e. The summed E-state index contributed by atoms with van der Waals surface area (Å²) in [7, 11) is 1.73. The Bertz CT molecular complexity index is 1280. The number of carbonyl (C=O) groups is 1. The van der Waals surface area contributed by atoms with Gasteiger partial charge in [-0.2, -0.15) is 8.78 Å². The summed E-state index contributed by atoms with van der Waals surface area (Å²) in [5.41, 5.74) is 1.45. The Morgan fingerprint density at radius 2 is 1.82 bits per heavy atom. The second-order valence-corrected chi connectivity index (χ2v) is 9.55. The molecule has 1 fully saturated rings. The lowest BCUT2D eigenvalue weighted by molar-refractivity contribution is -0.274. The number of benzene rings is 2. The molecule has 1 aromatic heterocycles. The van der Waals surface area contributed by atoms with Gasteiger partial charge >= 0.3 is 13.0 Å². The summed E-state index contributed by atoms with van der Waals surface area (Å²) in [6.45, 7) is -1.37. The van der Waals surface area contributed by atoms with E-state index in [-0.39, 0.29) is 29.9 Å². The zero-order chi connectivity index (χ0) is 28.9. The molecular formula is C27H28F6N4O3. The maximum Gasteiger partial charge on any atom is 0.573 e. The zero-order valence-corrected chi connectivity index (χ0v) is 21.6. The van der Waals surface area contributed by atoms with Crippen LogP contribution in [0.15, 0.2) is 55.0 Å². The molecule has 1 atom stereocenters. The summed E-state index contributed by atoms with van der Waals surface area (Å²) in [4.78, 5) is 21.5. The van der Waals surface area contributed by atoms with E-state index in [1.165, 1.54) is 24.5 Å². The van der Waals surface area contributed by atoms with E-state index in [2.05, 4.69) is 19.4 Å². The second-order valence-electron chi connectivity index (χ2n) is 9.55. The third-order valence-electron chi connectivity index (χ3n) is 6.54. The highest BCUT2D eigenvalue weighted by atomic mass is 19.4. The van der Waals surface area contributed by atoms with Crippen LogP contribution in [0.3, 0.4) is 0 Å². The van der Waals surface area contributed by atoms with Gasteiger partial charge in [-0.25, -0.2) is 9.37 Å².